The maximum Gasteiger partial charge on any atom is 0.416 e. The predicted octanol–water partition coefficient (Wildman–Crippen LogP) is 4.31. The minimum Gasteiger partial charge on any atom is -0.493 e. The molecule has 2 aliphatic heterocycles. The van der Waals surface area contributed by atoms with Gasteiger partial charge in [-0.25, -0.2) is 0 Å². The second kappa shape index (κ2) is 11.3. The Morgan fingerprint density at radius 1 is 1.13 bits per heavy atom. The van der Waals surface area contributed by atoms with E-state index in [1.807, 2.05) is 0 Å². The van der Waals surface area contributed by atoms with Gasteiger partial charge in [-0.3, -0.25) is 29.4 Å². The van der Waals surface area contributed by atoms with Gasteiger partial charge in [0.2, 0.25) is 11.7 Å². The molecule has 3 amide bonds. The molecule has 4 rings (SSSR count). The zero-order valence-electron chi connectivity index (χ0n) is 20.2. The highest BCUT2D eigenvalue weighted by Crippen LogP contribution is 2.41. The first-order chi connectivity index (χ1) is 18.5. The molecule has 0 atom stereocenters. The Balaban J connectivity index is 1.53. The van der Waals surface area contributed by atoms with Gasteiger partial charge in [0.25, 0.3) is 11.1 Å². The molecule has 2 aliphatic rings. The Labute approximate surface area is 223 Å². The highest BCUT2D eigenvalue weighted by molar-refractivity contribution is 8.18. The summed E-state index contributed by atoms with van der Waals surface area (Å²) >= 11 is 0.658. The third-order valence-corrected chi connectivity index (χ3v) is 6.63. The van der Waals surface area contributed by atoms with Gasteiger partial charge in [-0.05, 0) is 47.7 Å². The Hall–Kier alpha value is -4.11. The van der Waals surface area contributed by atoms with E-state index < -0.39 is 45.8 Å². The van der Waals surface area contributed by atoms with E-state index in [9.17, 15) is 37.7 Å². The molecule has 2 fully saturated rings. The summed E-state index contributed by atoms with van der Waals surface area (Å²) in [7, 11) is 1.28. The van der Waals surface area contributed by atoms with Crippen molar-refractivity contribution in [3.8, 4) is 17.2 Å². The molecule has 15 heteroatoms. The molecule has 0 N–H and O–H groups in total. The van der Waals surface area contributed by atoms with Gasteiger partial charge >= 0.3 is 11.9 Å². The van der Waals surface area contributed by atoms with Crippen molar-refractivity contribution in [2.45, 2.75) is 6.18 Å². The zero-order valence-corrected chi connectivity index (χ0v) is 21.0. The van der Waals surface area contributed by atoms with E-state index in [0.29, 0.717) is 55.8 Å². The van der Waals surface area contributed by atoms with Crippen LogP contribution in [-0.4, -0.2) is 71.7 Å². The minimum atomic E-state index is -4.78. The molecule has 11 nitrogen and oxygen atoms in total. The third kappa shape index (κ3) is 6.31. The number of hydrogen-bond donors (Lipinski definition) is 0. The van der Waals surface area contributed by atoms with E-state index in [2.05, 4.69) is 0 Å². The maximum atomic E-state index is 13.0. The lowest BCUT2D eigenvalue weighted by molar-refractivity contribution is -0.385. The van der Waals surface area contributed by atoms with E-state index >= 15 is 0 Å². The normalized spacial score (nSPS) is 17.1. The van der Waals surface area contributed by atoms with Gasteiger partial charge in [-0.15, -0.1) is 0 Å². The Morgan fingerprint density at radius 2 is 1.82 bits per heavy atom. The summed E-state index contributed by atoms with van der Waals surface area (Å²) in [6.45, 7) is 1.09. The van der Waals surface area contributed by atoms with Crippen molar-refractivity contribution < 1.29 is 46.7 Å². The highest BCUT2D eigenvalue weighted by atomic mass is 32.2. The van der Waals surface area contributed by atoms with Crippen LogP contribution in [0.2, 0.25) is 0 Å². The first kappa shape index (κ1) is 27.9. The Morgan fingerprint density at radius 3 is 2.46 bits per heavy atom. The lowest BCUT2D eigenvalue weighted by atomic mass is 10.1. The van der Waals surface area contributed by atoms with Crippen LogP contribution in [0, 0.1) is 10.1 Å². The van der Waals surface area contributed by atoms with Gasteiger partial charge in [-0.1, -0.05) is 6.07 Å². The second-order valence-corrected chi connectivity index (χ2v) is 9.20. The van der Waals surface area contributed by atoms with Gasteiger partial charge in [0.05, 0.1) is 35.7 Å². The number of carbonyl (C=O) groups is 3. The summed E-state index contributed by atoms with van der Waals surface area (Å²) in [5, 5.41) is 10.8. The molecule has 0 saturated carbocycles. The minimum absolute atomic E-state index is 0.0401. The molecular formula is C24H20F3N3O8S. The van der Waals surface area contributed by atoms with Crippen LogP contribution < -0.4 is 9.47 Å². The number of carbonyl (C=O) groups excluding carboxylic acids is 3. The molecule has 2 saturated heterocycles. The predicted molar refractivity (Wildman–Crippen MR) is 131 cm³/mol. The molecule has 2 aromatic carbocycles. The number of amides is 3. The molecule has 0 aromatic heterocycles. The Bertz CT molecular complexity index is 1360. The van der Waals surface area contributed by atoms with Crippen LogP contribution in [0.4, 0.5) is 23.7 Å². The van der Waals surface area contributed by atoms with Crippen LogP contribution in [0.25, 0.3) is 6.08 Å². The van der Waals surface area contributed by atoms with Gasteiger partial charge in [0.1, 0.15) is 6.54 Å². The molecule has 0 aliphatic carbocycles. The lowest BCUT2D eigenvalue weighted by Gasteiger charge is -2.28. The van der Waals surface area contributed by atoms with Gasteiger partial charge in [0.15, 0.2) is 11.5 Å². The number of hydrogen-bond acceptors (Lipinski definition) is 9. The molecule has 206 valence electrons. The van der Waals surface area contributed by atoms with E-state index in [4.69, 9.17) is 14.2 Å². The zero-order chi connectivity index (χ0) is 28.3. The van der Waals surface area contributed by atoms with Crippen LogP contribution in [-0.2, 0) is 20.5 Å². The quantitative estimate of drug-likeness (QED) is 0.273. The van der Waals surface area contributed by atoms with Crippen LogP contribution >= 0.6 is 11.8 Å². The molecule has 2 heterocycles. The number of ether oxygens (including phenoxy) is 3. The van der Waals surface area contributed by atoms with Crippen molar-refractivity contribution in [2.75, 3.05) is 40.0 Å². The third-order valence-electron chi connectivity index (χ3n) is 5.72. The van der Waals surface area contributed by atoms with E-state index in [0.717, 1.165) is 11.0 Å². The summed E-state index contributed by atoms with van der Waals surface area (Å²) < 4.78 is 54.9. The van der Waals surface area contributed by atoms with Gasteiger partial charge < -0.3 is 19.1 Å². The van der Waals surface area contributed by atoms with Crippen LogP contribution in [0.15, 0.2) is 41.3 Å². The summed E-state index contributed by atoms with van der Waals surface area (Å²) in [5.74, 6) is -1.44. The molecule has 0 spiro atoms. The van der Waals surface area contributed by atoms with Crippen molar-refractivity contribution in [2.24, 2.45) is 0 Å². The lowest BCUT2D eigenvalue weighted by Crippen LogP contribution is -2.46. The molecule has 0 radical (unpaired) electrons. The monoisotopic (exact) mass is 567 g/mol. The molecule has 2 aromatic rings. The van der Waals surface area contributed by atoms with Gasteiger partial charge in [0, 0.05) is 19.2 Å². The first-order valence-electron chi connectivity index (χ1n) is 11.3. The number of halogens is 3. The van der Waals surface area contributed by atoms with Crippen molar-refractivity contribution >= 4 is 40.6 Å². The van der Waals surface area contributed by atoms with Crippen LogP contribution in [0.5, 0.6) is 17.2 Å². The molecular weight excluding hydrogens is 547 g/mol. The number of nitrogens with zero attached hydrogens (tertiary/aromatic N) is 3. The largest absolute Gasteiger partial charge is 0.493 e. The smallest absolute Gasteiger partial charge is 0.416 e. The van der Waals surface area contributed by atoms with Crippen molar-refractivity contribution in [3.05, 3.63) is 62.5 Å². The average Bonchev–Trinajstić information content (AvgIpc) is 3.16. The summed E-state index contributed by atoms with van der Waals surface area (Å²) in [6, 6.07) is 6.08. The number of thioether (sulfide) groups is 1. The molecule has 39 heavy (non-hydrogen) atoms. The standard InChI is InChI=1S/C24H20F3N3O8S/c1-36-19-10-14(2-4-18(19)38-17-5-3-15(24(25,26)27)12-16(17)30(34)35)11-20-22(32)29(23(33)39-20)13-21(31)28-6-8-37-9-7-28/h2-5,10-12H,6-9,13H2,1H3/b20-11+. The van der Waals surface area contributed by atoms with Crippen molar-refractivity contribution in [3.63, 3.8) is 0 Å². The van der Waals surface area contributed by atoms with E-state index in [1.54, 1.807) is 0 Å². The van der Waals surface area contributed by atoms with E-state index in [-0.39, 0.29) is 22.3 Å². The van der Waals surface area contributed by atoms with Crippen LogP contribution in [0.3, 0.4) is 0 Å². The number of benzene rings is 2. The summed E-state index contributed by atoms with van der Waals surface area (Å²) in [4.78, 5) is 50.5. The first-order valence-corrected chi connectivity index (χ1v) is 12.1. The molecule has 0 bridgehead atoms. The van der Waals surface area contributed by atoms with E-state index in [1.165, 1.54) is 36.3 Å². The number of alkyl halides is 3. The number of methoxy groups -OCH3 is 1. The Kier molecular flexibility index (Phi) is 8.11. The topological polar surface area (TPSA) is 129 Å². The fourth-order valence-corrected chi connectivity index (χ4v) is 4.57. The number of imide groups is 1. The van der Waals surface area contributed by atoms with Crippen molar-refractivity contribution in [1.29, 1.82) is 0 Å². The fraction of sp³-hybridized carbons (Fsp3) is 0.292. The second-order valence-electron chi connectivity index (χ2n) is 8.21. The average molecular weight is 567 g/mol. The number of rotatable bonds is 7. The summed E-state index contributed by atoms with van der Waals surface area (Å²) in [6.07, 6.45) is -3.38. The van der Waals surface area contributed by atoms with Gasteiger partial charge in [-0.2, -0.15) is 13.2 Å². The highest BCUT2D eigenvalue weighted by Gasteiger charge is 2.37. The number of morpholine rings is 1. The molecule has 0 unspecified atom stereocenters. The SMILES string of the molecule is COc1cc(/C=C2/SC(=O)N(CC(=O)N3CCOCC3)C2=O)ccc1Oc1ccc(C(F)(F)F)cc1[N+](=O)[O-]. The maximum absolute atomic E-state index is 13.0. The summed E-state index contributed by atoms with van der Waals surface area (Å²) in [5.41, 5.74) is -1.70. The number of nitro benzene ring substituents is 1. The fourth-order valence-electron chi connectivity index (χ4n) is 3.74. The van der Waals surface area contributed by atoms with Crippen LogP contribution in [0.1, 0.15) is 11.1 Å². The number of nitro groups is 1. The van der Waals surface area contributed by atoms with Crippen molar-refractivity contribution in [1.82, 2.24) is 9.80 Å².